The molecule has 0 radical (unpaired) electrons. The van der Waals surface area contributed by atoms with Crippen LogP contribution in [0, 0.1) is 0 Å². The molecule has 0 aliphatic carbocycles. The topological polar surface area (TPSA) is 143 Å². The fourth-order valence-corrected chi connectivity index (χ4v) is 0. The van der Waals surface area contributed by atoms with Crippen LogP contribution in [-0.2, 0) is 54.9 Å². The Kier molecular flexibility index (Phi) is 32.4. The summed E-state index contributed by atoms with van der Waals surface area (Å²) in [6.45, 7) is 0. The molecule has 10 heteroatoms. The van der Waals surface area contributed by atoms with Crippen molar-refractivity contribution in [1.82, 2.24) is 0 Å². The maximum absolute atomic E-state index is 8.97. The first-order valence-corrected chi connectivity index (χ1v) is 4.42. The van der Waals surface area contributed by atoms with Gasteiger partial charge in [-0.2, -0.15) is 0 Å². The van der Waals surface area contributed by atoms with E-state index in [4.69, 9.17) is 29.7 Å². The summed E-state index contributed by atoms with van der Waals surface area (Å²) in [7, 11) is 0. The molecular weight excluding hydrogens is 451 g/mol. The summed E-state index contributed by atoms with van der Waals surface area (Å²) in [4.78, 5) is 26.9. The van der Waals surface area contributed by atoms with E-state index in [1.165, 1.54) is 54.9 Å². The standard InChI is InChI=1S/3CHO2.H2O.3Ru/c3*2-1-3;;;;/h3*(H,2,3);1H2;;;. The molecule has 0 unspecified atom stereocenters. The molecule has 7 nitrogen and oxygen atoms in total. The molecule has 0 aromatic rings. The quantitative estimate of drug-likeness (QED) is 0.431. The third kappa shape index (κ3) is 22300. The van der Waals surface area contributed by atoms with Crippen LogP contribution in [0.4, 0.5) is 14.4 Å². The van der Waals surface area contributed by atoms with E-state index in [-0.39, 0.29) is 5.48 Å². The van der Waals surface area contributed by atoms with E-state index < -0.39 is 13.7 Å². The summed E-state index contributed by atoms with van der Waals surface area (Å²) in [6, 6.07) is 0. The maximum atomic E-state index is 8.97. The van der Waals surface area contributed by atoms with Crippen LogP contribution in [-0.4, -0.2) is 34.5 Å². The average Bonchev–Trinajstić information content (AvgIpc) is 1.54. The van der Waals surface area contributed by atoms with Crippen LogP contribution in [0.5, 0.6) is 0 Å². The second-order valence-electron chi connectivity index (χ2n) is 0.728. The van der Waals surface area contributed by atoms with Gasteiger partial charge in [-0.25, -0.2) is 0 Å². The van der Waals surface area contributed by atoms with E-state index >= 15 is 0 Å². The summed E-state index contributed by atoms with van der Waals surface area (Å²) in [6.07, 6.45) is 0. The zero-order valence-corrected chi connectivity index (χ0v) is 10.8. The van der Waals surface area contributed by atoms with Gasteiger partial charge in [0.15, 0.2) is 0 Å². The van der Waals surface area contributed by atoms with Gasteiger partial charge in [-0.15, -0.1) is 0 Å². The van der Waals surface area contributed by atoms with Gasteiger partial charge in [-0.3, -0.25) is 0 Å². The van der Waals surface area contributed by atoms with Gasteiger partial charge in [-0.1, -0.05) is 0 Å². The van der Waals surface area contributed by atoms with Crippen molar-refractivity contribution in [3.63, 3.8) is 0 Å². The van der Waals surface area contributed by atoms with Crippen molar-refractivity contribution in [2.45, 2.75) is 0 Å². The van der Waals surface area contributed by atoms with Gasteiger partial charge in [0.2, 0.25) is 0 Å². The molecule has 0 rings (SSSR count). The number of carbonyl (C=O) groups is 3. The van der Waals surface area contributed by atoms with Gasteiger partial charge in [0.1, 0.15) is 0 Å². The Morgan fingerprint density at radius 2 is 0.692 bits per heavy atom. The van der Waals surface area contributed by atoms with Crippen LogP contribution in [0.25, 0.3) is 0 Å². The van der Waals surface area contributed by atoms with Gasteiger partial charge in [0.05, 0.1) is 0 Å². The Labute approximate surface area is 103 Å². The van der Waals surface area contributed by atoms with Gasteiger partial charge in [0.25, 0.3) is 0 Å². The predicted molar refractivity (Wildman–Crippen MR) is 27.7 cm³/mol. The summed E-state index contributed by atoms with van der Waals surface area (Å²) < 4.78 is -2.71. The second-order valence-corrected chi connectivity index (χ2v) is 2.96. The first-order valence-electron chi connectivity index (χ1n) is 1.81. The number of rotatable bonds is 0. The summed E-state index contributed by atoms with van der Waals surface area (Å²) in [5, 5.41) is 22.2. The molecule has 0 fully saturated rings. The van der Waals surface area contributed by atoms with Crippen molar-refractivity contribution in [2.75, 3.05) is 0 Å². The van der Waals surface area contributed by atoms with E-state index in [1.807, 2.05) is 0 Å². The number of carboxylic acid groups (broad SMARTS) is 3. The number of hydrogen-bond donors (Lipinski definition) is 3. The summed E-state index contributed by atoms with van der Waals surface area (Å²) in [5.41, 5.74) is 0. The van der Waals surface area contributed by atoms with Crippen molar-refractivity contribution >= 4 is 13.7 Å². The van der Waals surface area contributed by atoms with Crippen LogP contribution in [0.1, 0.15) is 0 Å². The minimum atomic E-state index is -0.903. The molecule has 0 bridgehead atoms. The molecule has 83 valence electrons. The molecular formula is C3H5O7Ru3. The van der Waals surface area contributed by atoms with Crippen LogP contribution < -0.4 is 0 Å². The van der Waals surface area contributed by atoms with Crippen molar-refractivity contribution < 1.29 is 90.1 Å². The molecule has 0 atom stereocenters. The van der Waals surface area contributed by atoms with E-state index in [2.05, 4.69) is 0 Å². The monoisotopic (exact) mass is 459 g/mol. The van der Waals surface area contributed by atoms with E-state index in [1.54, 1.807) is 0 Å². The van der Waals surface area contributed by atoms with E-state index in [0.717, 1.165) is 0 Å². The van der Waals surface area contributed by atoms with Crippen molar-refractivity contribution in [1.29, 1.82) is 0 Å². The average molecular weight is 456 g/mol. The normalized spacial score (nSPS) is 5.77. The Balaban J connectivity index is -0.0000000450. The molecule has 13 heavy (non-hydrogen) atoms. The zero-order valence-electron chi connectivity index (χ0n) is 5.63. The minimum absolute atomic E-state index is 0. The Morgan fingerprint density at radius 3 is 0.692 bits per heavy atom. The molecule has 0 saturated carbocycles. The van der Waals surface area contributed by atoms with E-state index in [0.29, 0.717) is 0 Å². The molecule has 0 aromatic carbocycles. The Hall–Kier alpha value is 0.240. The van der Waals surface area contributed by atoms with Crippen LogP contribution >= 0.6 is 0 Å². The molecule has 0 aliphatic rings. The summed E-state index contributed by atoms with van der Waals surface area (Å²) >= 11 is 4.49. The molecule has 0 saturated heterocycles. The van der Waals surface area contributed by atoms with E-state index in [9.17, 15) is 0 Å². The Morgan fingerprint density at radius 1 is 0.692 bits per heavy atom. The van der Waals surface area contributed by atoms with Crippen molar-refractivity contribution in [3.05, 3.63) is 0 Å². The van der Waals surface area contributed by atoms with Gasteiger partial charge < -0.3 is 5.48 Å². The fourth-order valence-electron chi connectivity index (χ4n) is 0. The molecule has 0 spiro atoms. The summed E-state index contributed by atoms with van der Waals surface area (Å²) in [5.74, 6) is 0. The molecule has 0 aromatic heterocycles. The van der Waals surface area contributed by atoms with Gasteiger partial charge in [0, 0.05) is 0 Å². The SMILES string of the molecule is O.O=[C](O)[Ru].O=[C](O)[Ru].O=[C](O)[Ru]. The van der Waals surface area contributed by atoms with Crippen molar-refractivity contribution in [3.8, 4) is 0 Å². The van der Waals surface area contributed by atoms with Gasteiger partial charge in [-0.05, 0) is 0 Å². The van der Waals surface area contributed by atoms with Crippen LogP contribution in [0.15, 0.2) is 0 Å². The fraction of sp³-hybridized carbons (Fsp3) is 0. The number of hydrogen-bond acceptors (Lipinski definition) is 3. The first kappa shape index (κ1) is 23.2. The predicted octanol–water partition coefficient (Wildman–Crippen LogP) is -0.191. The zero-order chi connectivity index (χ0) is 10.7. The van der Waals surface area contributed by atoms with Gasteiger partial charge >= 0.3 is 98.3 Å². The third-order valence-electron chi connectivity index (χ3n) is 0. The first-order chi connectivity index (χ1) is 5.20. The van der Waals surface area contributed by atoms with Crippen LogP contribution in [0.2, 0.25) is 0 Å². The molecule has 5 N–H and O–H groups in total. The molecule has 0 amide bonds. The Bertz CT molecular complexity index is 117. The third-order valence-corrected chi connectivity index (χ3v) is 0. The second kappa shape index (κ2) is 18.1. The molecule has 0 heterocycles. The van der Waals surface area contributed by atoms with Crippen LogP contribution in [0.3, 0.4) is 0 Å². The van der Waals surface area contributed by atoms with Crippen molar-refractivity contribution in [2.24, 2.45) is 0 Å². The molecule has 0 aliphatic heterocycles.